The van der Waals surface area contributed by atoms with E-state index in [1.54, 1.807) is 6.07 Å². The summed E-state index contributed by atoms with van der Waals surface area (Å²) in [5, 5.41) is 14.4. The Kier molecular flexibility index (Phi) is 5.63. The van der Waals surface area contributed by atoms with Crippen LogP contribution in [0.3, 0.4) is 0 Å². The van der Waals surface area contributed by atoms with Crippen molar-refractivity contribution in [3.63, 3.8) is 0 Å². The zero-order valence-corrected chi connectivity index (χ0v) is 16.6. The zero-order chi connectivity index (χ0) is 20.4. The van der Waals surface area contributed by atoms with Crippen LogP contribution >= 0.6 is 0 Å². The zero-order valence-electron chi connectivity index (χ0n) is 16.6. The van der Waals surface area contributed by atoms with E-state index in [0.29, 0.717) is 17.3 Å². The largest absolute Gasteiger partial charge is 0.481 e. The monoisotopic (exact) mass is 391 g/mol. The molecule has 0 heterocycles. The Hall–Kier alpha value is -2.72. The lowest BCUT2D eigenvalue weighted by Gasteiger charge is -2.22. The van der Waals surface area contributed by atoms with E-state index in [0.717, 1.165) is 35.8 Å². The smallest absolute Gasteiger partial charge is 0.307 e. The second-order valence-electron chi connectivity index (χ2n) is 8.09. The molecule has 0 spiro atoms. The van der Waals surface area contributed by atoms with Gasteiger partial charge in [0.2, 0.25) is 0 Å². The first-order chi connectivity index (χ1) is 14.0. The van der Waals surface area contributed by atoms with Crippen molar-refractivity contribution in [3.05, 3.63) is 83.2 Å². The van der Waals surface area contributed by atoms with Crippen molar-refractivity contribution in [2.24, 2.45) is 0 Å². The van der Waals surface area contributed by atoms with E-state index in [-0.39, 0.29) is 18.3 Å². The summed E-state index contributed by atoms with van der Waals surface area (Å²) in [5.74, 6) is -0.536. The molecular weight excluding hydrogens is 365 g/mol. The van der Waals surface area contributed by atoms with Gasteiger partial charge in [-0.05, 0) is 60.2 Å². The van der Waals surface area contributed by atoms with Crippen LogP contribution < -0.4 is 5.32 Å². The third kappa shape index (κ3) is 4.33. The maximum atomic E-state index is 14.1. The minimum Gasteiger partial charge on any atom is -0.481 e. The molecule has 3 aromatic carbocycles. The van der Waals surface area contributed by atoms with Crippen LogP contribution in [0.1, 0.15) is 54.8 Å². The van der Waals surface area contributed by atoms with Crippen LogP contribution in [-0.2, 0) is 11.2 Å². The van der Waals surface area contributed by atoms with E-state index >= 15 is 0 Å². The van der Waals surface area contributed by atoms with Crippen molar-refractivity contribution in [3.8, 4) is 0 Å². The lowest BCUT2D eigenvalue weighted by molar-refractivity contribution is -0.136. The Balaban J connectivity index is 1.46. The molecule has 2 N–H and O–H groups in total. The second kappa shape index (κ2) is 8.34. The Bertz CT molecular complexity index is 1030. The van der Waals surface area contributed by atoms with Gasteiger partial charge in [0.15, 0.2) is 0 Å². The SMILES string of the molecule is C[C@@H](N[C@H]1CC[C@@H](c2cccc(CC(=O)O)c2)C1)c1ccc(F)c2ccccc12. The Morgan fingerprint density at radius 2 is 1.90 bits per heavy atom. The van der Waals surface area contributed by atoms with Crippen molar-refractivity contribution >= 4 is 16.7 Å². The van der Waals surface area contributed by atoms with Crippen molar-refractivity contribution < 1.29 is 14.3 Å². The molecule has 3 aromatic rings. The number of benzene rings is 3. The molecule has 3 atom stereocenters. The summed E-state index contributed by atoms with van der Waals surface area (Å²) in [6, 6.07) is 19.6. The first kappa shape index (κ1) is 19.6. The van der Waals surface area contributed by atoms with Gasteiger partial charge in [-0.3, -0.25) is 4.79 Å². The average molecular weight is 391 g/mol. The number of carboxylic acids is 1. The number of halogens is 1. The van der Waals surface area contributed by atoms with Crippen molar-refractivity contribution in [1.82, 2.24) is 5.32 Å². The summed E-state index contributed by atoms with van der Waals surface area (Å²) in [6.07, 6.45) is 3.26. The quantitative estimate of drug-likeness (QED) is 0.576. The molecule has 0 bridgehead atoms. The summed E-state index contributed by atoms with van der Waals surface area (Å²) in [6.45, 7) is 2.14. The number of aliphatic carboxylic acids is 1. The summed E-state index contributed by atoms with van der Waals surface area (Å²) in [4.78, 5) is 11.0. The fourth-order valence-corrected chi connectivity index (χ4v) is 4.67. The van der Waals surface area contributed by atoms with Crippen LogP contribution in [0.15, 0.2) is 60.7 Å². The molecule has 1 fully saturated rings. The molecule has 0 saturated heterocycles. The van der Waals surface area contributed by atoms with E-state index in [1.165, 1.54) is 5.56 Å². The lowest BCUT2D eigenvalue weighted by atomic mass is 9.94. The van der Waals surface area contributed by atoms with E-state index in [4.69, 9.17) is 5.11 Å². The minimum absolute atomic E-state index is 0.0664. The van der Waals surface area contributed by atoms with Gasteiger partial charge in [0, 0.05) is 17.5 Å². The Labute approximate surface area is 170 Å². The number of nitrogens with one attached hydrogen (secondary N) is 1. The van der Waals surface area contributed by atoms with Gasteiger partial charge in [0.25, 0.3) is 0 Å². The Morgan fingerprint density at radius 3 is 2.69 bits per heavy atom. The van der Waals surface area contributed by atoms with Crippen LogP contribution in [-0.4, -0.2) is 17.1 Å². The van der Waals surface area contributed by atoms with Gasteiger partial charge in [-0.1, -0.05) is 54.6 Å². The number of hydrogen-bond donors (Lipinski definition) is 2. The highest BCUT2D eigenvalue weighted by atomic mass is 19.1. The highest BCUT2D eigenvalue weighted by molar-refractivity contribution is 5.86. The summed E-state index contributed by atoms with van der Waals surface area (Å²) >= 11 is 0. The molecule has 1 saturated carbocycles. The van der Waals surface area contributed by atoms with Gasteiger partial charge in [0.1, 0.15) is 5.82 Å². The number of rotatable bonds is 6. The van der Waals surface area contributed by atoms with Crippen molar-refractivity contribution in [2.75, 3.05) is 0 Å². The van der Waals surface area contributed by atoms with Crippen LogP contribution in [0.5, 0.6) is 0 Å². The van der Waals surface area contributed by atoms with Gasteiger partial charge in [0.05, 0.1) is 6.42 Å². The first-order valence-corrected chi connectivity index (χ1v) is 10.2. The molecule has 3 nitrogen and oxygen atoms in total. The molecule has 150 valence electrons. The molecule has 29 heavy (non-hydrogen) atoms. The summed E-state index contributed by atoms with van der Waals surface area (Å²) < 4.78 is 14.1. The van der Waals surface area contributed by atoms with Gasteiger partial charge in [-0.15, -0.1) is 0 Å². The fourth-order valence-electron chi connectivity index (χ4n) is 4.67. The molecule has 4 rings (SSSR count). The number of fused-ring (bicyclic) bond motifs is 1. The molecule has 1 aliphatic rings. The van der Waals surface area contributed by atoms with Crippen LogP contribution in [0.2, 0.25) is 0 Å². The summed E-state index contributed by atoms with van der Waals surface area (Å²) in [7, 11) is 0. The topological polar surface area (TPSA) is 49.3 Å². The highest BCUT2D eigenvalue weighted by Crippen LogP contribution is 2.36. The number of carboxylic acid groups (broad SMARTS) is 1. The lowest BCUT2D eigenvalue weighted by Crippen LogP contribution is -2.29. The third-order valence-corrected chi connectivity index (χ3v) is 6.07. The molecule has 4 heteroatoms. The number of carbonyl (C=O) groups is 1. The average Bonchev–Trinajstić information content (AvgIpc) is 3.16. The van der Waals surface area contributed by atoms with E-state index in [2.05, 4.69) is 18.3 Å². The second-order valence-corrected chi connectivity index (χ2v) is 8.09. The number of hydrogen-bond acceptors (Lipinski definition) is 2. The summed E-state index contributed by atoms with van der Waals surface area (Å²) in [5.41, 5.74) is 3.21. The molecular formula is C25H26FNO2. The van der Waals surface area contributed by atoms with E-state index in [9.17, 15) is 9.18 Å². The molecule has 0 unspecified atom stereocenters. The van der Waals surface area contributed by atoms with E-state index < -0.39 is 5.97 Å². The third-order valence-electron chi connectivity index (χ3n) is 6.07. The van der Waals surface area contributed by atoms with Crippen LogP contribution in [0.4, 0.5) is 4.39 Å². The van der Waals surface area contributed by atoms with Gasteiger partial charge >= 0.3 is 5.97 Å². The predicted octanol–water partition coefficient (Wildman–Crippen LogP) is 5.59. The maximum Gasteiger partial charge on any atom is 0.307 e. The first-order valence-electron chi connectivity index (χ1n) is 10.2. The van der Waals surface area contributed by atoms with Gasteiger partial charge < -0.3 is 10.4 Å². The predicted molar refractivity (Wildman–Crippen MR) is 114 cm³/mol. The fraction of sp³-hybridized carbons (Fsp3) is 0.320. The van der Waals surface area contributed by atoms with Crippen LogP contribution in [0, 0.1) is 5.82 Å². The van der Waals surface area contributed by atoms with Gasteiger partial charge in [-0.25, -0.2) is 4.39 Å². The standard InChI is InChI=1S/C25H26FNO2/c1-16(21-11-12-24(26)23-8-3-2-7-22(21)23)27-20-10-9-19(15-20)18-6-4-5-17(13-18)14-25(28)29/h2-8,11-13,16,19-20,27H,9-10,14-15H2,1H3,(H,28,29)/t16-,19-,20+/m1/s1. The highest BCUT2D eigenvalue weighted by Gasteiger charge is 2.27. The molecule has 1 aliphatic carbocycles. The normalized spacial score (nSPS) is 20.1. The molecule has 0 amide bonds. The molecule has 0 radical (unpaired) electrons. The maximum absolute atomic E-state index is 14.1. The van der Waals surface area contributed by atoms with Crippen molar-refractivity contribution in [1.29, 1.82) is 0 Å². The molecule has 0 aromatic heterocycles. The van der Waals surface area contributed by atoms with E-state index in [1.807, 2.05) is 48.5 Å². The van der Waals surface area contributed by atoms with Crippen molar-refractivity contribution in [2.45, 2.75) is 50.6 Å². The Morgan fingerprint density at radius 1 is 1.10 bits per heavy atom. The minimum atomic E-state index is -0.798. The van der Waals surface area contributed by atoms with Crippen LogP contribution in [0.25, 0.3) is 10.8 Å². The van der Waals surface area contributed by atoms with Gasteiger partial charge in [-0.2, -0.15) is 0 Å². The molecule has 0 aliphatic heterocycles.